The first-order valence-electron chi connectivity index (χ1n) is 3.90. The second kappa shape index (κ2) is 4.67. The Morgan fingerprint density at radius 2 is 1.90 bits per heavy atom. The van der Waals surface area contributed by atoms with Crippen molar-refractivity contribution >= 4 is 0 Å². The first-order chi connectivity index (χ1) is 4.57. The van der Waals surface area contributed by atoms with E-state index in [-0.39, 0.29) is 12.3 Å². The van der Waals surface area contributed by atoms with Crippen LogP contribution in [0.15, 0.2) is 0 Å². The Balaban J connectivity index is 3.50. The van der Waals surface area contributed by atoms with Crippen LogP contribution >= 0.6 is 0 Å². The van der Waals surface area contributed by atoms with Crippen molar-refractivity contribution in [2.75, 3.05) is 0 Å². The normalized spacial score (nSPS) is 20.1. The van der Waals surface area contributed by atoms with E-state index in [2.05, 4.69) is 0 Å². The number of hydrogen-bond donors (Lipinski definition) is 1. The van der Waals surface area contributed by atoms with Crippen molar-refractivity contribution in [1.82, 2.24) is 0 Å². The monoisotopic (exact) mass is 148 g/mol. The lowest BCUT2D eigenvalue weighted by Crippen LogP contribution is -2.20. The van der Waals surface area contributed by atoms with Crippen molar-refractivity contribution in [2.24, 2.45) is 5.92 Å². The zero-order valence-corrected chi connectivity index (χ0v) is 6.97. The summed E-state index contributed by atoms with van der Waals surface area (Å²) in [5, 5.41) is 9.25. The summed E-state index contributed by atoms with van der Waals surface area (Å²) in [5.41, 5.74) is 0. The highest BCUT2D eigenvalue weighted by Crippen LogP contribution is 2.13. The molecule has 0 aromatic heterocycles. The number of rotatable bonds is 4. The van der Waals surface area contributed by atoms with Crippen LogP contribution in [-0.4, -0.2) is 17.4 Å². The maximum Gasteiger partial charge on any atom is 0.0998 e. The topological polar surface area (TPSA) is 20.2 Å². The van der Waals surface area contributed by atoms with Crippen molar-refractivity contribution in [2.45, 2.75) is 45.9 Å². The fourth-order valence-electron chi connectivity index (χ4n) is 0.837. The van der Waals surface area contributed by atoms with Crippen molar-refractivity contribution in [3.8, 4) is 0 Å². The van der Waals surface area contributed by atoms with Gasteiger partial charge in [-0.25, -0.2) is 4.39 Å². The molecule has 0 saturated heterocycles. The second-order valence-electron chi connectivity index (χ2n) is 2.97. The SMILES string of the molecule is CCC(C)[C@@H](O)CC(C)F. The molecule has 0 radical (unpaired) electrons. The predicted octanol–water partition coefficient (Wildman–Crippen LogP) is 2.14. The first kappa shape index (κ1) is 9.89. The summed E-state index contributed by atoms with van der Waals surface area (Å²) in [6, 6.07) is 0. The Morgan fingerprint density at radius 1 is 1.40 bits per heavy atom. The van der Waals surface area contributed by atoms with Crippen LogP contribution in [0.25, 0.3) is 0 Å². The van der Waals surface area contributed by atoms with E-state index in [0.29, 0.717) is 0 Å². The zero-order valence-electron chi connectivity index (χ0n) is 6.97. The molecule has 0 amide bonds. The van der Waals surface area contributed by atoms with Gasteiger partial charge in [0.15, 0.2) is 0 Å². The third-order valence-electron chi connectivity index (χ3n) is 1.87. The molecule has 1 N–H and O–H groups in total. The average Bonchev–Trinajstić information content (AvgIpc) is 1.85. The van der Waals surface area contributed by atoms with E-state index >= 15 is 0 Å². The van der Waals surface area contributed by atoms with Crippen LogP contribution in [0.1, 0.15) is 33.6 Å². The summed E-state index contributed by atoms with van der Waals surface area (Å²) in [5.74, 6) is 0.221. The molecule has 0 aliphatic heterocycles. The first-order valence-corrected chi connectivity index (χ1v) is 3.90. The van der Waals surface area contributed by atoms with E-state index in [1.165, 1.54) is 6.92 Å². The maximum atomic E-state index is 12.3. The largest absolute Gasteiger partial charge is 0.393 e. The fourth-order valence-corrected chi connectivity index (χ4v) is 0.837. The van der Waals surface area contributed by atoms with Gasteiger partial charge in [0.05, 0.1) is 12.3 Å². The molecule has 62 valence electrons. The minimum atomic E-state index is -0.885. The van der Waals surface area contributed by atoms with Crippen molar-refractivity contribution in [3.05, 3.63) is 0 Å². The van der Waals surface area contributed by atoms with Gasteiger partial charge in [0.25, 0.3) is 0 Å². The van der Waals surface area contributed by atoms with Gasteiger partial charge in [-0.2, -0.15) is 0 Å². The highest BCUT2D eigenvalue weighted by molar-refractivity contribution is 4.65. The Hall–Kier alpha value is -0.110. The van der Waals surface area contributed by atoms with Gasteiger partial charge >= 0.3 is 0 Å². The van der Waals surface area contributed by atoms with Crippen LogP contribution in [0, 0.1) is 5.92 Å². The van der Waals surface area contributed by atoms with E-state index in [0.717, 1.165) is 6.42 Å². The molecule has 0 fully saturated rings. The molecule has 0 aromatic rings. The van der Waals surface area contributed by atoms with Gasteiger partial charge in [-0.15, -0.1) is 0 Å². The van der Waals surface area contributed by atoms with Crippen molar-refractivity contribution in [3.63, 3.8) is 0 Å². The van der Waals surface area contributed by atoms with Crippen LogP contribution in [0.4, 0.5) is 4.39 Å². The van der Waals surface area contributed by atoms with Crippen molar-refractivity contribution < 1.29 is 9.50 Å². The summed E-state index contributed by atoms with van der Waals surface area (Å²) in [6.45, 7) is 5.41. The third-order valence-corrected chi connectivity index (χ3v) is 1.87. The molecular weight excluding hydrogens is 131 g/mol. The lowest BCUT2D eigenvalue weighted by atomic mass is 9.98. The third kappa shape index (κ3) is 3.83. The number of hydrogen-bond acceptors (Lipinski definition) is 1. The molecule has 0 aliphatic rings. The molecule has 0 aliphatic carbocycles. The second-order valence-corrected chi connectivity index (χ2v) is 2.97. The molecule has 2 heteroatoms. The highest BCUT2D eigenvalue weighted by Gasteiger charge is 2.14. The Labute approximate surface area is 62.3 Å². The summed E-state index contributed by atoms with van der Waals surface area (Å²) >= 11 is 0. The van der Waals surface area contributed by atoms with Crippen molar-refractivity contribution in [1.29, 1.82) is 0 Å². The Bertz CT molecular complexity index is 83.3. The lowest BCUT2D eigenvalue weighted by molar-refractivity contribution is 0.0814. The van der Waals surface area contributed by atoms with Crippen LogP contribution in [-0.2, 0) is 0 Å². The average molecular weight is 148 g/mol. The smallest absolute Gasteiger partial charge is 0.0998 e. The number of halogens is 1. The molecule has 1 nitrogen and oxygen atoms in total. The predicted molar refractivity (Wildman–Crippen MR) is 40.6 cm³/mol. The number of alkyl halides is 1. The number of aliphatic hydroxyl groups is 1. The van der Waals surface area contributed by atoms with Crippen LogP contribution in [0.2, 0.25) is 0 Å². The maximum absolute atomic E-state index is 12.3. The van der Waals surface area contributed by atoms with E-state index in [9.17, 15) is 9.50 Å². The highest BCUT2D eigenvalue weighted by atomic mass is 19.1. The zero-order chi connectivity index (χ0) is 8.15. The van der Waals surface area contributed by atoms with E-state index < -0.39 is 12.3 Å². The lowest BCUT2D eigenvalue weighted by Gasteiger charge is -2.17. The summed E-state index contributed by atoms with van der Waals surface area (Å²) < 4.78 is 12.3. The van der Waals surface area contributed by atoms with E-state index in [4.69, 9.17) is 0 Å². The standard InChI is InChI=1S/C8H17FO/c1-4-6(2)8(10)5-7(3)9/h6-8,10H,4-5H2,1-3H3/t6?,7?,8-/m0/s1. The molecule has 0 aromatic carbocycles. The Kier molecular flexibility index (Phi) is 4.62. The van der Waals surface area contributed by atoms with Gasteiger partial charge < -0.3 is 5.11 Å². The molecule has 0 bridgehead atoms. The fraction of sp³-hybridized carbons (Fsp3) is 1.00. The van der Waals surface area contributed by atoms with Gasteiger partial charge in [0, 0.05) is 6.42 Å². The van der Waals surface area contributed by atoms with Gasteiger partial charge in [-0.3, -0.25) is 0 Å². The molecule has 0 heterocycles. The summed E-state index contributed by atoms with van der Waals surface area (Å²) in [7, 11) is 0. The molecule has 2 unspecified atom stereocenters. The Morgan fingerprint density at radius 3 is 2.20 bits per heavy atom. The van der Waals surface area contributed by atoms with Crippen LogP contribution in [0.5, 0.6) is 0 Å². The van der Waals surface area contributed by atoms with Crippen LogP contribution < -0.4 is 0 Å². The molecular formula is C8H17FO. The molecule has 10 heavy (non-hydrogen) atoms. The summed E-state index contributed by atoms with van der Waals surface area (Å²) in [4.78, 5) is 0. The molecule has 0 spiro atoms. The minimum absolute atomic E-state index is 0.221. The van der Waals surface area contributed by atoms with E-state index in [1.54, 1.807) is 0 Å². The van der Waals surface area contributed by atoms with Gasteiger partial charge in [-0.1, -0.05) is 20.3 Å². The van der Waals surface area contributed by atoms with Gasteiger partial charge in [0.1, 0.15) is 0 Å². The quantitative estimate of drug-likeness (QED) is 0.647. The van der Waals surface area contributed by atoms with E-state index in [1.807, 2.05) is 13.8 Å². The summed E-state index contributed by atoms with van der Waals surface area (Å²) in [6.07, 6.45) is -0.169. The van der Waals surface area contributed by atoms with Gasteiger partial charge in [-0.05, 0) is 12.8 Å². The molecule has 0 saturated carbocycles. The minimum Gasteiger partial charge on any atom is -0.393 e. The van der Waals surface area contributed by atoms with Gasteiger partial charge in [0.2, 0.25) is 0 Å². The molecule has 3 atom stereocenters. The van der Waals surface area contributed by atoms with Crippen LogP contribution in [0.3, 0.4) is 0 Å². The molecule has 0 rings (SSSR count). The number of aliphatic hydroxyl groups excluding tert-OH is 1.